The first kappa shape index (κ1) is 18.6. The van der Waals surface area contributed by atoms with E-state index in [1.54, 1.807) is 17.0 Å². The highest BCUT2D eigenvalue weighted by Crippen LogP contribution is 2.10. The zero-order valence-corrected chi connectivity index (χ0v) is 14.7. The molecule has 0 spiro atoms. The normalized spacial score (nSPS) is 16.9. The van der Waals surface area contributed by atoms with Crippen LogP contribution in [0.2, 0.25) is 0 Å². The van der Waals surface area contributed by atoms with Gasteiger partial charge in [0.15, 0.2) is 11.5 Å². The molecule has 2 heterocycles. The number of β-amino-alcohol motifs (C(OH)–C–C–N with tert-alkyl or cyclic N) is 1. The molecule has 1 saturated heterocycles. The van der Waals surface area contributed by atoms with Crippen molar-refractivity contribution in [2.75, 3.05) is 64.9 Å². The van der Waals surface area contributed by atoms with Crippen molar-refractivity contribution < 1.29 is 14.6 Å². The summed E-state index contributed by atoms with van der Waals surface area (Å²) in [4.78, 5) is 18.2. The number of ether oxygens (including phenoxy) is 1. The van der Waals surface area contributed by atoms with Crippen molar-refractivity contribution in [3.8, 4) is 0 Å². The van der Waals surface area contributed by atoms with E-state index in [1.165, 1.54) is 0 Å². The Morgan fingerprint density at radius 1 is 1.29 bits per heavy atom. The highest BCUT2D eigenvalue weighted by atomic mass is 16.5. The SMILES string of the molecule is CCOCC(O)CN1CCN(C(=O)c2ccc(N(C)C)nn2)CC1. The van der Waals surface area contributed by atoms with Crippen molar-refractivity contribution in [1.82, 2.24) is 20.0 Å². The van der Waals surface area contributed by atoms with Gasteiger partial charge < -0.3 is 19.6 Å². The van der Waals surface area contributed by atoms with Crippen LogP contribution in [0.1, 0.15) is 17.4 Å². The first-order chi connectivity index (χ1) is 11.5. The van der Waals surface area contributed by atoms with Gasteiger partial charge >= 0.3 is 0 Å². The van der Waals surface area contributed by atoms with Gasteiger partial charge in [-0.2, -0.15) is 0 Å². The van der Waals surface area contributed by atoms with E-state index in [9.17, 15) is 9.90 Å². The summed E-state index contributed by atoms with van der Waals surface area (Å²) >= 11 is 0. The lowest BCUT2D eigenvalue weighted by Crippen LogP contribution is -2.51. The molecule has 0 aliphatic carbocycles. The summed E-state index contributed by atoms with van der Waals surface area (Å²) in [5.74, 6) is 0.627. The van der Waals surface area contributed by atoms with Gasteiger partial charge in [-0.15, -0.1) is 10.2 Å². The molecular weight excluding hydrogens is 310 g/mol. The van der Waals surface area contributed by atoms with E-state index in [0.29, 0.717) is 38.5 Å². The molecule has 1 amide bonds. The Kier molecular flexibility index (Phi) is 6.89. The number of nitrogens with zero attached hydrogens (tertiary/aromatic N) is 5. The molecule has 1 unspecified atom stereocenters. The van der Waals surface area contributed by atoms with Crippen molar-refractivity contribution >= 4 is 11.7 Å². The quantitative estimate of drug-likeness (QED) is 0.731. The van der Waals surface area contributed by atoms with Crippen LogP contribution in [0.25, 0.3) is 0 Å². The van der Waals surface area contributed by atoms with Crippen molar-refractivity contribution in [3.05, 3.63) is 17.8 Å². The summed E-state index contributed by atoms with van der Waals surface area (Å²) in [6.45, 7) is 6.14. The van der Waals surface area contributed by atoms with Gasteiger partial charge in [0.05, 0.1) is 12.7 Å². The predicted octanol–water partition coefficient (Wildman–Crippen LogP) is -0.302. The van der Waals surface area contributed by atoms with E-state index in [1.807, 2.05) is 25.9 Å². The van der Waals surface area contributed by atoms with Crippen LogP contribution in [0.15, 0.2) is 12.1 Å². The molecule has 1 aromatic rings. The van der Waals surface area contributed by atoms with E-state index in [4.69, 9.17) is 4.74 Å². The number of hydrogen-bond donors (Lipinski definition) is 1. The van der Waals surface area contributed by atoms with E-state index in [2.05, 4.69) is 15.1 Å². The molecule has 24 heavy (non-hydrogen) atoms. The minimum Gasteiger partial charge on any atom is -0.389 e. The second-order valence-electron chi connectivity index (χ2n) is 6.08. The molecule has 1 aromatic heterocycles. The van der Waals surface area contributed by atoms with Crippen LogP contribution in [-0.2, 0) is 4.74 Å². The van der Waals surface area contributed by atoms with Gasteiger partial charge in [0, 0.05) is 53.4 Å². The Morgan fingerprint density at radius 3 is 2.54 bits per heavy atom. The standard InChI is InChI=1S/C16H27N5O3/c1-4-24-12-13(22)11-20-7-9-21(10-8-20)16(23)14-5-6-15(18-17-14)19(2)3/h5-6,13,22H,4,7-12H2,1-3H3. The maximum absolute atomic E-state index is 12.5. The molecule has 0 radical (unpaired) electrons. The van der Waals surface area contributed by atoms with Gasteiger partial charge in [0.1, 0.15) is 0 Å². The molecule has 0 aromatic carbocycles. The summed E-state index contributed by atoms with van der Waals surface area (Å²) in [7, 11) is 3.76. The average molecular weight is 337 g/mol. The lowest BCUT2D eigenvalue weighted by molar-refractivity contribution is 0.0110. The lowest BCUT2D eigenvalue weighted by Gasteiger charge is -2.35. The van der Waals surface area contributed by atoms with Gasteiger partial charge in [-0.05, 0) is 19.1 Å². The highest BCUT2D eigenvalue weighted by Gasteiger charge is 2.24. The fourth-order valence-electron chi connectivity index (χ4n) is 2.58. The summed E-state index contributed by atoms with van der Waals surface area (Å²) in [6.07, 6.45) is -0.489. The molecule has 0 bridgehead atoms. The van der Waals surface area contributed by atoms with Crippen LogP contribution in [0.4, 0.5) is 5.82 Å². The number of anilines is 1. The Bertz CT molecular complexity index is 515. The van der Waals surface area contributed by atoms with Crippen molar-refractivity contribution in [3.63, 3.8) is 0 Å². The van der Waals surface area contributed by atoms with Gasteiger partial charge in [0.25, 0.3) is 5.91 Å². The molecule has 1 fully saturated rings. The molecule has 1 atom stereocenters. The third-order valence-electron chi connectivity index (χ3n) is 3.97. The molecule has 134 valence electrons. The summed E-state index contributed by atoms with van der Waals surface area (Å²) < 4.78 is 5.22. The third-order valence-corrected chi connectivity index (χ3v) is 3.97. The number of aliphatic hydroxyl groups excluding tert-OH is 1. The molecule has 1 aliphatic heterocycles. The van der Waals surface area contributed by atoms with Crippen LogP contribution in [-0.4, -0.2) is 97.1 Å². The fraction of sp³-hybridized carbons (Fsp3) is 0.688. The number of aromatic nitrogens is 2. The second-order valence-corrected chi connectivity index (χ2v) is 6.08. The maximum Gasteiger partial charge on any atom is 0.274 e. The average Bonchev–Trinajstić information content (AvgIpc) is 2.60. The van der Waals surface area contributed by atoms with Crippen molar-refractivity contribution in [1.29, 1.82) is 0 Å². The Morgan fingerprint density at radius 2 is 2.00 bits per heavy atom. The highest BCUT2D eigenvalue weighted by molar-refractivity contribution is 5.92. The summed E-state index contributed by atoms with van der Waals surface area (Å²) in [6, 6.07) is 3.50. The minimum absolute atomic E-state index is 0.0951. The fourth-order valence-corrected chi connectivity index (χ4v) is 2.58. The first-order valence-corrected chi connectivity index (χ1v) is 8.29. The van der Waals surface area contributed by atoms with Crippen LogP contribution in [0.3, 0.4) is 0 Å². The second kappa shape index (κ2) is 8.91. The van der Waals surface area contributed by atoms with E-state index in [0.717, 1.165) is 18.9 Å². The Balaban J connectivity index is 1.82. The molecule has 1 aliphatic rings. The number of aliphatic hydroxyl groups is 1. The van der Waals surface area contributed by atoms with Crippen LogP contribution >= 0.6 is 0 Å². The zero-order chi connectivity index (χ0) is 17.5. The number of amides is 1. The number of piperazine rings is 1. The van der Waals surface area contributed by atoms with Crippen LogP contribution in [0.5, 0.6) is 0 Å². The topological polar surface area (TPSA) is 82.0 Å². The van der Waals surface area contributed by atoms with Gasteiger partial charge in [-0.25, -0.2) is 0 Å². The Hall–Kier alpha value is -1.77. The summed E-state index contributed by atoms with van der Waals surface area (Å²) in [5, 5.41) is 18.0. The molecular formula is C16H27N5O3. The van der Waals surface area contributed by atoms with E-state index in [-0.39, 0.29) is 5.91 Å². The smallest absolute Gasteiger partial charge is 0.274 e. The zero-order valence-electron chi connectivity index (χ0n) is 14.7. The maximum atomic E-state index is 12.5. The molecule has 8 heteroatoms. The lowest BCUT2D eigenvalue weighted by atomic mass is 10.2. The van der Waals surface area contributed by atoms with Gasteiger partial charge in [0.2, 0.25) is 0 Å². The number of carbonyl (C=O) groups excluding carboxylic acids is 1. The molecule has 2 rings (SSSR count). The number of rotatable bonds is 7. The molecule has 0 saturated carbocycles. The van der Waals surface area contributed by atoms with E-state index >= 15 is 0 Å². The Labute approximate surface area is 143 Å². The van der Waals surface area contributed by atoms with Crippen LogP contribution in [0, 0.1) is 0 Å². The molecule has 1 N–H and O–H groups in total. The van der Waals surface area contributed by atoms with E-state index < -0.39 is 6.10 Å². The van der Waals surface area contributed by atoms with Crippen LogP contribution < -0.4 is 4.90 Å². The monoisotopic (exact) mass is 337 g/mol. The minimum atomic E-state index is -0.489. The van der Waals surface area contributed by atoms with Gasteiger partial charge in [-0.3, -0.25) is 9.69 Å². The van der Waals surface area contributed by atoms with Crippen molar-refractivity contribution in [2.45, 2.75) is 13.0 Å². The number of carbonyl (C=O) groups is 1. The van der Waals surface area contributed by atoms with Crippen molar-refractivity contribution in [2.24, 2.45) is 0 Å². The largest absolute Gasteiger partial charge is 0.389 e. The predicted molar refractivity (Wildman–Crippen MR) is 91.2 cm³/mol. The summed E-state index contributed by atoms with van der Waals surface area (Å²) in [5.41, 5.74) is 0.366. The molecule has 8 nitrogen and oxygen atoms in total. The van der Waals surface area contributed by atoms with Gasteiger partial charge in [-0.1, -0.05) is 0 Å². The first-order valence-electron chi connectivity index (χ1n) is 8.29. The number of hydrogen-bond acceptors (Lipinski definition) is 7. The third kappa shape index (κ3) is 5.12.